The highest BCUT2D eigenvalue weighted by atomic mass is 16.5. The van der Waals surface area contributed by atoms with Gasteiger partial charge in [0.15, 0.2) is 18.2 Å². The molecular weight excluding hydrogens is 456 g/mol. The molecule has 0 bridgehead atoms. The number of benzene rings is 2. The zero-order chi connectivity index (χ0) is 25.8. The van der Waals surface area contributed by atoms with Crippen LogP contribution in [-0.4, -0.2) is 39.9 Å². The molecule has 0 fully saturated rings. The molecule has 0 saturated heterocycles. The van der Waals surface area contributed by atoms with Gasteiger partial charge in [0.05, 0.1) is 18.3 Å². The lowest BCUT2D eigenvalue weighted by Gasteiger charge is -2.14. The predicted molar refractivity (Wildman–Crippen MR) is 139 cm³/mol. The third kappa shape index (κ3) is 5.22. The standard InChI is InChI=1S/C28H30N4O4/c1-6-35-28(34)23-15-29-32(24-13-19(5)22-12-7-9-18(4)26(22)30-24)27(23)31-25(33)16-36-21-11-8-10-20(14-21)17(2)3/h7-15,17H,6,16H2,1-5H3,(H,31,33). The number of fused-ring (bicyclic) bond motifs is 1. The Bertz CT molecular complexity index is 1420. The highest BCUT2D eigenvalue weighted by Crippen LogP contribution is 2.26. The van der Waals surface area contributed by atoms with Gasteiger partial charge >= 0.3 is 5.97 Å². The molecule has 2 aromatic carbocycles. The normalized spacial score (nSPS) is 11.1. The number of para-hydroxylation sites is 1. The van der Waals surface area contributed by atoms with Crippen LogP contribution in [0.5, 0.6) is 5.75 Å². The van der Waals surface area contributed by atoms with E-state index in [0.29, 0.717) is 17.5 Å². The number of pyridine rings is 1. The molecule has 2 heterocycles. The first-order valence-corrected chi connectivity index (χ1v) is 11.9. The molecule has 0 radical (unpaired) electrons. The number of anilines is 1. The number of nitrogens with one attached hydrogen (secondary N) is 1. The van der Waals surface area contributed by atoms with Crippen molar-refractivity contribution >= 4 is 28.6 Å². The van der Waals surface area contributed by atoms with Crippen molar-refractivity contribution in [1.29, 1.82) is 0 Å². The average molecular weight is 487 g/mol. The second kappa shape index (κ2) is 10.6. The Morgan fingerprint density at radius 3 is 2.58 bits per heavy atom. The Morgan fingerprint density at radius 1 is 1.06 bits per heavy atom. The van der Waals surface area contributed by atoms with E-state index in [1.165, 1.54) is 10.9 Å². The molecule has 0 atom stereocenters. The van der Waals surface area contributed by atoms with Crippen LogP contribution in [0.3, 0.4) is 0 Å². The highest BCUT2D eigenvalue weighted by Gasteiger charge is 2.23. The number of hydrogen-bond acceptors (Lipinski definition) is 6. The fraction of sp³-hybridized carbons (Fsp3) is 0.286. The molecule has 8 nitrogen and oxygen atoms in total. The molecule has 2 aromatic heterocycles. The maximum atomic E-state index is 12.9. The lowest BCUT2D eigenvalue weighted by molar-refractivity contribution is -0.118. The van der Waals surface area contributed by atoms with E-state index >= 15 is 0 Å². The van der Waals surface area contributed by atoms with E-state index in [0.717, 1.165) is 27.6 Å². The molecule has 0 aliphatic carbocycles. The molecule has 1 N–H and O–H groups in total. The average Bonchev–Trinajstić information content (AvgIpc) is 3.27. The molecule has 0 aliphatic heterocycles. The van der Waals surface area contributed by atoms with E-state index in [1.54, 1.807) is 13.0 Å². The lowest BCUT2D eigenvalue weighted by Crippen LogP contribution is -2.23. The van der Waals surface area contributed by atoms with Crippen molar-refractivity contribution in [1.82, 2.24) is 14.8 Å². The monoisotopic (exact) mass is 486 g/mol. The highest BCUT2D eigenvalue weighted by molar-refractivity contribution is 6.01. The first kappa shape index (κ1) is 24.9. The minimum atomic E-state index is -0.585. The van der Waals surface area contributed by atoms with Crippen molar-refractivity contribution in [2.75, 3.05) is 18.5 Å². The van der Waals surface area contributed by atoms with Crippen LogP contribution >= 0.6 is 0 Å². The Hall–Kier alpha value is -4.20. The van der Waals surface area contributed by atoms with Gasteiger partial charge in [-0.2, -0.15) is 9.78 Å². The quantitative estimate of drug-likeness (QED) is 0.337. The summed E-state index contributed by atoms with van der Waals surface area (Å²) in [5.41, 5.74) is 4.08. The first-order valence-electron chi connectivity index (χ1n) is 11.9. The van der Waals surface area contributed by atoms with Crippen molar-refractivity contribution < 1.29 is 19.1 Å². The Labute approximate surface area is 210 Å². The topological polar surface area (TPSA) is 95.3 Å². The molecule has 4 rings (SSSR count). The number of hydrogen-bond donors (Lipinski definition) is 1. The number of nitrogens with zero attached hydrogens (tertiary/aromatic N) is 3. The number of carbonyl (C=O) groups is 2. The fourth-order valence-corrected chi connectivity index (χ4v) is 3.93. The SMILES string of the molecule is CCOC(=O)c1cnn(-c2cc(C)c3cccc(C)c3n2)c1NC(=O)COc1cccc(C(C)C)c1. The summed E-state index contributed by atoms with van der Waals surface area (Å²) >= 11 is 0. The van der Waals surface area contributed by atoms with Gasteiger partial charge in [0.2, 0.25) is 0 Å². The van der Waals surface area contributed by atoms with E-state index in [9.17, 15) is 9.59 Å². The number of amides is 1. The smallest absolute Gasteiger partial charge is 0.343 e. The van der Waals surface area contributed by atoms with Gasteiger partial charge in [-0.1, -0.05) is 44.2 Å². The van der Waals surface area contributed by atoms with Crippen molar-refractivity contribution in [2.45, 2.75) is 40.5 Å². The number of carbonyl (C=O) groups excluding carboxylic acids is 2. The summed E-state index contributed by atoms with van der Waals surface area (Å²) in [5, 5.41) is 8.18. The molecule has 0 saturated carbocycles. The van der Waals surface area contributed by atoms with E-state index in [2.05, 4.69) is 24.3 Å². The largest absolute Gasteiger partial charge is 0.484 e. The number of aryl methyl sites for hydroxylation is 2. The van der Waals surface area contributed by atoms with Crippen molar-refractivity contribution in [3.05, 3.63) is 77.0 Å². The molecule has 0 aliphatic rings. The van der Waals surface area contributed by atoms with Crippen LogP contribution in [0.25, 0.3) is 16.7 Å². The maximum Gasteiger partial charge on any atom is 0.343 e. The Kier molecular flexibility index (Phi) is 7.33. The number of rotatable bonds is 8. The third-order valence-corrected chi connectivity index (χ3v) is 5.87. The zero-order valence-corrected chi connectivity index (χ0v) is 21.2. The number of aromatic nitrogens is 3. The fourth-order valence-electron chi connectivity index (χ4n) is 3.93. The van der Waals surface area contributed by atoms with Crippen LogP contribution in [0.15, 0.2) is 54.7 Å². The van der Waals surface area contributed by atoms with Gasteiger partial charge in [-0.15, -0.1) is 0 Å². The summed E-state index contributed by atoms with van der Waals surface area (Å²) < 4.78 is 12.3. The van der Waals surface area contributed by atoms with E-state index in [-0.39, 0.29) is 24.6 Å². The van der Waals surface area contributed by atoms with Gasteiger partial charge in [0, 0.05) is 5.39 Å². The summed E-state index contributed by atoms with van der Waals surface area (Å²) in [6.07, 6.45) is 1.37. The predicted octanol–water partition coefficient (Wildman–Crippen LogP) is 5.35. The van der Waals surface area contributed by atoms with E-state index < -0.39 is 11.9 Å². The number of ether oxygens (including phenoxy) is 2. The van der Waals surface area contributed by atoms with Gasteiger partial charge in [0.25, 0.3) is 5.91 Å². The Balaban J connectivity index is 1.65. The van der Waals surface area contributed by atoms with Crippen LogP contribution in [0.2, 0.25) is 0 Å². The van der Waals surface area contributed by atoms with Crippen LogP contribution in [-0.2, 0) is 9.53 Å². The molecule has 0 spiro atoms. The summed E-state index contributed by atoms with van der Waals surface area (Å²) in [7, 11) is 0. The summed E-state index contributed by atoms with van der Waals surface area (Å²) in [4.78, 5) is 30.3. The molecule has 36 heavy (non-hydrogen) atoms. The number of esters is 1. The van der Waals surface area contributed by atoms with Crippen LogP contribution in [0.1, 0.15) is 53.7 Å². The summed E-state index contributed by atoms with van der Waals surface area (Å²) in [6.45, 7) is 9.83. The molecular formula is C28H30N4O4. The minimum absolute atomic E-state index is 0.135. The van der Waals surface area contributed by atoms with Crippen LogP contribution in [0.4, 0.5) is 5.82 Å². The molecule has 186 valence electrons. The van der Waals surface area contributed by atoms with Crippen LogP contribution in [0, 0.1) is 13.8 Å². The van der Waals surface area contributed by atoms with E-state index in [4.69, 9.17) is 14.5 Å². The third-order valence-electron chi connectivity index (χ3n) is 5.87. The van der Waals surface area contributed by atoms with E-state index in [1.807, 2.05) is 56.3 Å². The van der Waals surface area contributed by atoms with Gasteiger partial charge in [-0.05, 0) is 61.6 Å². The molecule has 8 heteroatoms. The second-order valence-electron chi connectivity index (χ2n) is 8.87. The zero-order valence-electron chi connectivity index (χ0n) is 21.2. The van der Waals surface area contributed by atoms with Gasteiger partial charge < -0.3 is 14.8 Å². The van der Waals surface area contributed by atoms with Crippen molar-refractivity contribution in [3.63, 3.8) is 0 Å². The van der Waals surface area contributed by atoms with Gasteiger partial charge in [-0.3, -0.25) is 4.79 Å². The molecule has 4 aromatic rings. The molecule has 1 amide bonds. The first-order chi connectivity index (χ1) is 17.3. The molecule has 0 unspecified atom stereocenters. The van der Waals surface area contributed by atoms with Crippen LogP contribution < -0.4 is 10.1 Å². The van der Waals surface area contributed by atoms with Crippen molar-refractivity contribution in [2.24, 2.45) is 0 Å². The minimum Gasteiger partial charge on any atom is -0.484 e. The van der Waals surface area contributed by atoms with Gasteiger partial charge in [0.1, 0.15) is 11.3 Å². The summed E-state index contributed by atoms with van der Waals surface area (Å²) in [5.74, 6) is 0.566. The summed E-state index contributed by atoms with van der Waals surface area (Å²) in [6, 6.07) is 15.5. The second-order valence-corrected chi connectivity index (χ2v) is 8.87. The van der Waals surface area contributed by atoms with Crippen molar-refractivity contribution in [3.8, 4) is 11.6 Å². The maximum absolute atomic E-state index is 12.9. The lowest BCUT2D eigenvalue weighted by atomic mass is 10.0. The Morgan fingerprint density at radius 2 is 1.83 bits per heavy atom. The van der Waals surface area contributed by atoms with Gasteiger partial charge in [-0.25, -0.2) is 9.78 Å².